The number of nitrogens with zero attached hydrogens (tertiary/aromatic N) is 3. The number of fused-ring (bicyclic) bond motifs is 8. The molecule has 0 radical (unpaired) electrons. The summed E-state index contributed by atoms with van der Waals surface area (Å²) < 4.78 is 11.1. The van der Waals surface area contributed by atoms with Crippen LogP contribution in [-0.4, -0.2) is 14.1 Å². The molecule has 7 aromatic carbocycles. The average molecular weight is 602 g/mol. The molecule has 0 N–H and O–H groups in total. The van der Waals surface area contributed by atoms with Crippen molar-refractivity contribution >= 4 is 54.7 Å². The van der Waals surface area contributed by atoms with Crippen molar-refractivity contribution in [2.24, 2.45) is 0 Å². The normalized spacial score (nSPS) is 11.8. The molecule has 0 aliphatic heterocycles. The van der Waals surface area contributed by atoms with Crippen LogP contribution in [0, 0.1) is 0 Å². The Balaban J connectivity index is 1.24. The van der Waals surface area contributed by atoms with Crippen molar-refractivity contribution in [3.05, 3.63) is 164 Å². The van der Waals surface area contributed by atoms with Gasteiger partial charge in [-0.15, -0.1) is 0 Å². The standard InChI is InChI=1S/C43H27N3O/c1-3-12-28(13-4-1)43-44-37-25-22-30(27-40(37)47-43)29-14-11-17-32(26-29)46-39-21-10-8-19-34(39)36-24-23-35-33-18-7-9-20-38(33)45(41(35)42(36)46)31-15-5-2-6-16-31/h1-27H. The fraction of sp³-hybridized carbons (Fsp3) is 0. The zero-order valence-electron chi connectivity index (χ0n) is 25.3. The van der Waals surface area contributed by atoms with Crippen LogP contribution < -0.4 is 0 Å². The number of hydrogen-bond acceptors (Lipinski definition) is 2. The summed E-state index contributed by atoms with van der Waals surface area (Å²) in [6.45, 7) is 0. The van der Waals surface area contributed by atoms with E-state index in [9.17, 15) is 0 Å². The molecule has 0 bridgehead atoms. The molecule has 0 fully saturated rings. The summed E-state index contributed by atoms with van der Waals surface area (Å²) >= 11 is 0. The lowest BCUT2D eigenvalue weighted by Gasteiger charge is -2.13. The maximum absolute atomic E-state index is 6.25. The summed E-state index contributed by atoms with van der Waals surface area (Å²) in [6.07, 6.45) is 0. The summed E-state index contributed by atoms with van der Waals surface area (Å²) in [5.74, 6) is 0.634. The fourth-order valence-corrected chi connectivity index (χ4v) is 7.25. The Hall–Kier alpha value is -6.39. The minimum Gasteiger partial charge on any atom is -0.436 e. The molecule has 4 heteroatoms. The van der Waals surface area contributed by atoms with Gasteiger partial charge in [-0.25, -0.2) is 4.98 Å². The molecule has 0 unspecified atom stereocenters. The molecule has 0 spiro atoms. The van der Waals surface area contributed by atoms with Crippen LogP contribution in [0.15, 0.2) is 168 Å². The van der Waals surface area contributed by atoms with Crippen LogP contribution in [0.3, 0.4) is 0 Å². The van der Waals surface area contributed by atoms with Gasteiger partial charge >= 0.3 is 0 Å². The second kappa shape index (κ2) is 10.1. The molecule has 0 saturated heterocycles. The molecule has 0 amide bonds. The van der Waals surface area contributed by atoms with E-state index in [1.54, 1.807) is 0 Å². The van der Waals surface area contributed by atoms with E-state index in [1.807, 2.05) is 30.3 Å². The van der Waals surface area contributed by atoms with Gasteiger partial charge in [0.25, 0.3) is 0 Å². The van der Waals surface area contributed by atoms with Crippen LogP contribution in [0.25, 0.3) is 88.7 Å². The van der Waals surface area contributed by atoms with E-state index in [-0.39, 0.29) is 0 Å². The molecule has 220 valence electrons. The van der Waals surface area contributed by atoms with Crippen molar-refractivity contribution in [1.82, 2.24) is 14.1 Å². The predicted molar refractivity (Wildman–Crippen MR) is 194 cm³/mol. The summed E-state index contributed by atoms with van der Waals surface area (Å²) in [7, 11) is 0. The lowest BCUT2D eigenvalue weighted by molar-refractivity contribution is 0.620. The molecule has 0 atom stereocenters. The fourth-order valence-electron chi connectivity index (χ4n) is 7.25. The van der Waals surface area contributed by atoms with Gasteiger partial charge < -0.3 is 13.6 Å². The Morgan fingerprint density at radius 2 is 0.957 bits per heavy atom. The average Bonchev–Trinajstić information content (AvgIpc) is 3.82. The number of rotatable bonds is 4. The Bertz CT molecular complexity index is 2780. The van der Waals surface area contributed by atoms with E-state index in [2.05, 4.69) is 143 Å². The Morgan fingerprint density at radius 3 is 1.66 bits per heavy atom. The third kappa shape index (κ3) is 3.92. The highest BCUT2D eigenvalue weighted by atomic mass is 16.3. The zero-order chi connectivity index (χ0) is 30.9. The number of benzene rings is 7. The van der Waals surface area contributed by atoms with E-state index >= 15 is 0 Å². The molecule has 4 nitrogen and oxygen atoms in total. The van der Waals surface area contributed by atoms with Gasteiger partial charge in [-0.05, 0) is 71.8 Å². The predicted octanol–water partition coefficient (Wildman–Crippen LogP) is 11.4. The minimum absolute atomic E-state index is 0.634. The topological polar surface area (TPSA) is 35.9 Å². The monoisotopic (exact) mass is 601 g/mol. The smallest absolute Gasteiger partial charge is 0.227 e. The van der Waals surface area contributed by atoms with E-state index in [0.29, 0.717) is 5.89 Å². The van der Waals surface area contributed by atoms with Gasteiger partial charge in [0.05, 0.1) is 22.1 Å². The first-order valence-electron chi connectivity index (χ1n) is 15.9. The molecule has 47 heavy (non-hydrogen) atoms. The van der Waals surface area contributed by atoms with E-state index < -0.39 is 0 Å². The van der Waals surface area contributed by atoms with Crippen LogP contribution in [0.4, 0.5) is 0 Å². The van der Waals surface area contributed by atoms with Gasteiger partial charge in [0.15, 0.2) is 5.58 Å². The second-order valence-corrected chi connectivity index (χ2v) is 12.0. The molecule has 0 saturated carbocycles. The highest BCUT2D eigenvalue weighted by Crippen LogP contribution is 2.42. The van der Waals surface area contributed by atoms with E-state index in [4.69, 9.17) is 9.40 Å². The number of para-hydroxylation sites is 3. The van der Waals surface area contributed by atoms with E-state index in [1.165, 1.54) is 43.6 Å². The molecule has 3 heterocycles. The molecular formula is C43H27N3O. The molecule has 10 rings (SSSR count). The van der Waals surface area contributed by atoms with Crippen molar-refractivity contribution in [2.75, 3.05) is 0 Å². The Labute approximate surface area is 270 Å². The summed E-state index contributed by atoms with van der Waals surface area (Å²) in [5, 5.41) is 4.95. The van der Waals surface area contributed by atoms with Crippen LogP contribution in [0.1, 0.15) is 0 Å². The molecule has 0 aliphatic carbocycles. The molecule has 3 aromatic heterocycles. The third-order valence-corrected chi connectivity index (χ3v) is 9.33. The summed E-state index contributed by atoms with van der Waals surface area (Å²) in [4.78, 5) is 4.75. The van der Waals surface area contributed by atoms with Gasteiger partial charge in [-0.1, -0.05) is 103 Å². The van der Waals surface area contributed by atoms with E-state index in [0.717, 1.165) is 39.2 Å². The van der Waals surface area contributed by atoms with Crippen LogP contribution >= 0.6 is 0 Å². The minimum atomic E-state index is 0.634. The van der Waals surface area contributed by atoms with Gasteiger partial charge in [-0.3, -0.25) is 0 Å². The summed E-state index contributed by atoms with van der Waals surface area (Å²) in [6, 6.07) is 57.9. The number of aromatic nitrogens is 3. The van der Waals surface area contributed by atoms with Crippen molar-refractivity contribution in [1.29, 1.82) is 0 Å². The number of hydrogen-bond donors (Lipinski definition) is 0. The van der Waals surface area contributed by atoms with Crippen molar-refractivity contribution in [2.45, 2.75) is 0 Å². The first-order valence-corrected chi connectivity index (χ1v) is 15.9. The first-order chi connectivity index (χ1) is 23.3. The Morgan fingerprint density at radius 1 is 0.404 bits per heavy atom. The lowest BCUT2D eigenvalue weighted by Crippen LogP contribution is -1.98. The number of oxazole rings is 1. The van der Waals surface area contributed by atoms with Crippen molar-refractivity contribution in [3.63, 3.8) is 0 Å². The van der Waals surface area contributed by atoms with Gasteiger partial charge in [0.1, 0.15) is 5.52 Å². The van der Waals surface area contributed by atoms with Crippen LogP contribution in [0.2, 0.25) is 0 Å². The zero-order valence-corrected chi connectivity index (χ0v) is 25.3. The molecule has 0 aliphatic rings. The molecule has 10 aromatic rings. The highest BCUT2D eigenvalue weighted by Gasteiger charge is 2.21. The Kier molecular flexibility index (Phi) is 5.54. The van der Waals surface area contributed by atoms with Gasteiger partial charge in [0.2, 0.25) is 5.89 Å². The first kappa shape index (κ1) is 25.9. The molecular weight excluding hydrogens is 574 g/mol. The third-order valence-electron chi connectivity index (χ3n) is 9.33. The van der Waals surface area contributed by atoms with Gasteiger partial charge in [-0.2, -0.15) is 0 Å². The highest BCUT2D eigenvalue weighted by molar-refractivity contribution is 6.23. The van der Waals surface area contributed by atoms with Crippen molar-refractivity contribution in [3.8, 4) is 34.0 Å². The lowest BCUT2D eigenvalue weighted by atomic mass is 10.0. The largest absolute Gasteiger partial charge is 0.436 e. The second-order valence-electron chi connectivity index (χ2n) is 12.0. The van der Waals surface area contributed by atoms with Crippen LogP contribution in [0.5, 0.6) is 0 Å². The van der Waals surface area contributed by atoms with Gasteiger partial charge in [0, 0.05) is 38.5 Å². The maximum atomic E-state index is 6.25. The summed E-state index contributed by atoms with van der Waals surface area (Å²) in [5.41, 5.74) is 11.8. The SMILES string of the molecule is c1ccc(-c2nc3ccc(-c4cccc(-n5c6ccccc6c6ccc7c8ccccc8n(-c8ccccc8)c7c65)c4)cc3o2)cc1. The van der Waals surface area contributed by atoms with Crippen molar-refractivity contribution < 1.29 is 4.42 Å². The maximum Gasteiger partial charge on any atom is 0.227 e. The van der Waals surface area contributed by atoms with Crippen LogP contribution in [-0.2, 0) is 0 Å². The quantitative estimate of drug-likeness (QED) is 0.201.